The number of aromatic hydroxyl groups is 1. The molecule has 0 saturated heterocycles. The number of phenolic OH excluding ortho intramolecular Hbond substituents is 1. The number of esters is 1. The highest BCUT2D eigenvalue weighted by Gasteiger charge is 2.61. The monoisotopic (exact) mass is 461 g/mol. The second kappa shape index (κ2) is 7.85. The maximum absolute atomic E-state index is 13.0. The van der Waals surface area contributed by atoms with Crippen molar-refractivity contribution in [2.24, 2.45) is 17.3 Å². The largest absolute Gasteiger partial charge is 0.508 e. The molecule has 3 aliphatic rings. The molecular formula is C27H27NO6. The first-order valence-electron chi connectivity index (χ1n) is 11.7. The Kier molecular flexibility index (Phi) is 5.18. The van der Waals surface area contributed by atoms with Crippen molar-refractivity contribution in [2.75, 3.05) is 0 Å². The summed E-state index contributed by atoms with van der Waals surface area (Å²) in [5, 5.41) is 32.3. The lowest BCUT2D eigenvalue weighted by atomic mass is 9.53. The Morgan fingerprint density at radius 1 is 1.18 bits per heavy atom. The SMILES string of the molecule is C#C[C@]1(O)CC[C@H]2[C@@H]3C[C@@H](OC(=O)c4ccc([N+](=O)[O-])cc4)c4cc(O)ccc4[C@H]3CC[C@@]21C. The van der Waals surface area contributed by atoms with Crippen LogP contribution in [-0.4, -0.2) is 26.7 Å². The van der Waals surface area contributed by atoms with Crippen LogP contribution in [0.15, 0.2) is 42.5 Å². The Morgan fingerprint density at radius 3 is 2.59 bits per heavy atom. The van der Waals surface area contributed by atoms with Crippen molar-refractivity contribution in [3.05, 3.63) is 69.3 Å². The highest BCUT2D eigenvalue weighted by atomic mass is 16.6. The van der Waals surface area contributed by atoms with Gasteiger partial charge < -0.3 is 14.9 Å². The van der Waals surface area contributed by atoms with Crippen molar-refractivity contribution < 1.29 is 24.7 Å². The van der Waals surface area contributed by atoms with Crippen LogP contribution in [0.5, 0.6) is 5.75 Å². The number of aliphatic hydroxyl groups is 1. The zero-order valence-electron chi connectivity index (χ0n) is 18.9. The van der Waals surface area contributed by atoms with Crippen molar-refractivity contribution in [3.63, 3.8) is 0 Å². The molecule has 0 spiro atoms. The summed E-state index contributed by atoms with van der Waals surface area (Å²) in [5.74, 6) is 2.81. The zero-order valence-corrected chi connectivity index (χ0v) is 18.9. The van der Waals surface area contributed by atoms with Crippen molar-refractivity contribution in [1.29, 1.82) is 0 Å². The van der Waals surface area contributed by atoms with Crippen LogP contribution in [-0.2, 0) is 4.74 Å². The minimum absolute atomic E-state index is 0.101. The number of rotatable bonds is 3. The molecule has 34 heavy (non-hydrogen) atoms. The normalized spacial score (nSPS) is 33.7. The number of fused-ring (bicyclic) bond motifs is 5. The van der Waals surface area contributed by atoms with Gasteiger partial charge in [-0.1, -0.05) is 18.9 Å². The average molecular weight is 462 g/mol. The molecule has 3 aliphatic carbocycles. The molecule has 0 aromatic heterocycles. The van der Waals surface area contributed by atoms with Gasteiger partial charge in [0.05, 0.1) is 10.5 Å². The summed E-state index contributed by atoms with van der Waals surface area (Å²) in [6.07, 6.45) is 8.81. The molecule has 0 amide bonds. The van der Waals surface area contributed by atoms with Gasteiger partial charge in [-0.15, -0.1) is 6.42 Å². The molecule has 0 unspecified atom stereocenters. The van der Waals surface area contributed by atoms with Crippen LogP contribution < -0.4 is 0 Å². The lowest BCUT2D eigenvalue weighted by Gasteiger charge is -2.53. The van der Waals surface area contributed by atoms with E-state index in [-0.39, 0.29) is 34.8 Å². The highest BCUT2D eigenvalue weighted by Crippen LogP contribution is 2.65. The summed E-state index contributed by atoms with van der Waals surface area (Å²) in [4.78, 5) is 23.4. The van der Waals surface area contributed by atoms with Crippen molar-refractivity contribution in [2.45, 2.75) is 56.7 Å². The number of ether oxygens (including phenoxy) is 1. The molecule has 0 bridgehead atoms. The number of hydrogen-bond donors (Lipinski definition) is 2. The Morgan fingerprint density at radius 2 is 1.91 bits per heavy atom. The van der Waals surface area contributed by atoms with E-state index in [1.165, 1.54) is 24.3 Å². The van der Waals surface area contributed by atoms with E-state index >= 15 is 0 Å². The third-order valence-electron chi connectivity index (χ3n) is 8.69. The standard InChI is InChI=1S/C27H27NO6/c1-3-27(31)13-11-23-21-15-24(34-25(30)16-4-6-17(7-5-16)28(32)33)22-14-18(29)8-9-19(22)20(21)10-12-26(23,27)2/h1,4-9,14,20-21,23-24,29,31H,10-13,15H2,2H3/t20-,21-,23+,24-,26+,27+/m1/s1. The van der Waals surface area contributed by atoms with E-state index in [2.05, 4.69) is 12.8 Å². The molecule has 2 N–H and O–H groups in total. The van der Waals surface area contributed by atoms with Crippen LogP contribution in [0, 0.1) is 39.7 Å². The van der Waals surface area contributed by atoms with Gasteiger partial charge in [0.15, 0.2) is 0 Å². The minimum Gasteiger partial charge on any atom is -0.508 e. The number of nitro benzene ring substituents is 1. The topological polar surface area (TPSA) is 110 Å². The van der Waals surface area contributed by atoms with E-state index in [0.717, 1.165) is 30.4 Å². The summed E-state index contributed by atoms with van der Waals surface area (Å²) in [6, 6.07) is 10.6. The molecule has 0 radical (unpaired) electrons. The van der Waals surface area contributed by atoms with Gasteiger partial charge in [0.2, 0.25) is 0 Å². The molecule has 0 heterocycles. The lowest BCUT2D eigenvalue weighted by molar-refractivity contribution is -0.384. The van der Waals surface area contributed by atoms with Crippen LogP contribution in [0.4, 0.5) is 5.69 Å². The number of nitrogens with zero attached hydrogens (tertiary/aromatic N) is 1. The number of phenols is 1. The molecule has 5 rings (SSSR count). The molecule has 2 aromatic carbocycles. The molecule has 6 atom stereocenters. The first-order chi connectivity index (χ1) is 16.2. The summed E-state index contributed by atoms with van der Waals surface area (Å²) in [5.41, 5.74) is 0.452. The molecule has 2 saturated carbocycles. The predicted octanol–water partition coefficient (Wildman–Crippen LogP) is 4.88. The van der Waals surface area contributed by atoms with Gasteiger partial charge >= 0.3 is 5.97 Å². The number of nitro groups is 1. The average Bonchev–Trinajstić information content (AvgIpc) is 3.10. The van der Waals surface area contributed by atoms with Crippen molar-refractivity contribution in [3.8, 4) is 18.1 Å². The second-order valence-corrected chi connectivity index (χ2v) is 10.1. The Hall–Kier alpha value is -3.37. The van der Waals surface area contributed by atoms with Crippen LogP contribution in [0.2, 0.25) is 0 Å². The van der Waals surface area contributed by atoms with E-state index in [9.17, 15) is 25.1 Å². The first-order valence-corrected chi connectivity index (χ1v) is 11.7. The quantitative estimate of drug-likeness (QED) is 0.292. The zero-order chi connectivity index (χ0) is 24.3. The number of non-ortho nitro benzene ring substituents is 1. The maximum Gasteiger partial charge on any atom is 0.338 e. The van der Waals surface area contributed by atoms with Crippen molar-refractivity contribution >= 4 is 11.7 Å². The van der Waals surface area contributed by atoms with E-state index in [1.807, 2.05) is 6.07 Å². The summed E-state index contributed by atoms with van der Waals surface area (Å²) in [7, 11) is 0. The fourth-order valence-electron chi connectivity index (χ4n) is 6.84. The molecule has 176 valence electrons. The van der Waals surface area contributed by atoms with Gasteiger partial charge in [0, 0.05) is 17.5 Å². The molecule has 2 fully saturated rings. The lowest BCUT2D eigenvalue weighted by Crippen LogP contribution is -2.50. The number of terminal acetylenes is 1. The molecule has 7 heteroatoms. The molecule has 2 aromatic rings. The maximum atomic E-state index is 13.0. The Labute approximate surface area is 197 Å². The molecule has 0 aliphatic heterocycles. The van der Waals surface area contributed by atoms with Crippen LogP contribution in [0.25, 0.3) is 0 Å². The van der Waals surface area contributed by atoms with E-state index in [0.29, 0.717) is 12.8 Å². The number of carbonyl (C=O) groups is 1. The van der Waals surface area contributed by atoms with E-state index < -0.39 is 28.0 Å². The first kappa shape index (κ1) is 22.4. The van der Waals surface area contributed by atoms with E-state index in [4.69, 9.17) is 11.2 Å². The fraction of sp³-hybridized carbons (Fsp3) is 0.444. The van der Waals surface area contributed by atoms with Gasteiger partial charge in [0.25, 0.3) is 5.69 Å². The van der Waals surface area contributed by atoms with Crippen molar-refractivity contribution in [1.82, 2.24) is 0 Å². The number of benzene rings is 2. The van der Waals surface area contributed by atoms with Gasteiger partial charge in [-0.2, -0.15) is 0 Å². The van der Waals surface area contributed by atoms with Gasteiger partial charge in [-0.05, 0) is 85.3 Å². The van der Waals surface area contributed by atoms with Crippen LogP contribution in [0.1, 0.15) is 72.5 Å². The van der Waals surface area contributed by atoms with E-state index in [1.54, 1.807) is 12.1 Å². The summed E-state index contributed by atoms with van der Waals surface area (Å²) < 4.78 is 5.95. The van der Waals surface area contributed by atoms with Crippen LogP contribution >= 0.6 is 0 Å². The second-order valence-electron chi connectivity index (χ2n) is 10.1. The molecular weight excluding hydrogens is 434 g/mol. The number of carbonyl (C=O) groups excluding carboxylic acids is 1. The highest BCUT2D eigenvalue weighted by molar-refractivity contribution is 5.89. The van der Waals surface area contributed by atoms with Gasteiger partial charge in [-0.3, -0.25) is 10.1 Å². The summed E-state index contributed by atoms with van der Waals surface area (Å²) >= 11 is 0. The third-order valence-corrected chi connectivity index (χ3v) is 8.69. The minimum atomic E-state index is -1.14. The smallest absolute Gasteiger partial charge is 0.338 e. The Balaban J connectivity index is 1.48. The summed E-state index contributed by atoms with van der Waals surface area (Å²) in [6.45, 7) is 2.09. The van der Waals surface area contributed by atoms with Crippen LogP contribution in [0.3, 0.4) is 0 Å². The Bertz CT molecular complexity index is 1200. The third kappa shape index (κ3) is 3.28. The van der Waals surface area contributed by atoms with Gasteiger partial charge in [-0.25, -0.2) is 4.79 Å². The number of hydrogen-bond acceptors (Lipinski definition) is 6. The molecule has 7 nitrogen and oxygen atoms in total. The fourth-order valence-corrected chi connectivity index (χ4v) is 6.84. The van der Waals surface area contributed by atoms with Gasteiger partial charge in [0.1, 0.15) is 17.5 Å². The predicted molar refractivity (Wildman–Crippen MR) is 124 cm³/mol.